The van der Waals surface area contributed by atoms with Crippen molar-refractivity contribution in [2.45, 2.75) is 6.61 Å². The molecule has 6 heteroatoms. The van der Waals surface area contributed by atoms with Crippen molar-refractivity contribution in [2.75, 3.05) is 5.43 Å². The maximum Gasteiger partial charge on any atom is 0.198 e. The van der Waals surface area contributed by atoms with Gasteiger partial charge in [-0.15, -0.1) is 0 Å². The lowest BCUT2D eigenvalue weighted by Crippen LogP contribution is -2.05. The van der Waals surface area contributed by atoms with Gasteiger partial charge in [0.1, 0.15) is 12.4 Å². The predicted molar refractivity (Wildman–Crippen MR) is 83.2 cm³/mol. The number of thiazole rings is 1. The molecule has 2 aromatic carbocycles. The molecule has 3 N–H and O–H groups in total. The lowest BCUT2D eigenvalue weighted by atomic mass is 10.2. The average Bonchev–Trinajstić information content (AvgIpc) is 2.88. The molecule has 0 atom stereocenters. The molecule has 0 saturated heterocycles. The van der Waals surface area contributed by atoms with Crippen molar-refractivity contribution in [3.05, 3.63) is 53.1 Å². The standard InChI is InChI=1S/C14H12ClN3OS/c15-11-4-2-1-3-9(11)8-19-10-5-6-12-13(7-10)20-14(17-12)18-16/h1-7H,8,16H2,(H,17,18). The van der Waals surface area contributed by atoms with Crippen molar-refractivity contribution in [1.82, 2.24) is 4.98 Å². The molecule has 102 valence electrons. The van der Waals surface area contributed by atoms with Crippen LogP contribution < -0.4 is 16.0 Å². The zero-order chi connectivity index (χ0) is 13.9. The third-order valence-corrected chi connectivity index (χ3v) is 4.15. The molecular formula is C14H12ClN3OS. The van der Waals surface area contributed by atoms with Crippen molar-refractivity contribution >= 4 is 38.3 Å². The smallest absolute Gasteiger partial charge is 0.198 e. The van der Waals surface area contributed by atoms with E-state index in [0.29, 0.717) is 16.8 Å². The van der Waals surface area contributed by atoms with Crippen LogP contribution >= 0.6 is 22.9 Å². The van der Waals surface area contributed by atoms with Gasteiger partial charge in [0.15, 0.2) is 5.13 Å². The normalized spacial score (nSPS) is 10.7. The number of halogens is 1. The molecule has 1 aromatic heterocycles. The summed E-state index contributed by atoms with van der Waals surface area (Å²) < 4.78 is 6.79. The maximum atomic E-state index is 6.10. The lowest BCUT2D eigenvalue weighted by Gasteiger charge is -2.07. The fraction of sp³-hybridized carbons (Fsp3) is 0.0714. The molecule has 3 rings (SSSR count). The molecular weight excluding hydrogens is 294 g/mol. The number of aromatic nitrogens is 1. The highest BCUT2D eigenvalue weighted by molar-refractivity contribution is 7.22. The Morgan fingerprint density at radius 1 is 1.25 bits per heavy atom. The van der Waals surface area contributed by atoms with Gasteiger partial charge in [-0.3, -0.25) is 5.43 Å². The minimum absolute atomic E-state index is 0.436. The molecule has 0 fully saturated rings. The number of hydrogen-bond donors (Lipinski definition) is 2. The number of hydrogen-bond acceptors (Lipinski definition) is 5. The Labute approximate surface area is 125 Å². The fourth-order valence-corrected chi connectivity index (χ4v) is 2.83. The number of anilines is 1. The van der Waals surface area contributed by atoms with Crippen LogP contribution in [0.2, 0.25) is 5.02 Å². The number of rotatable bonds is 4. The molecule has 0 aliphatic carbocycles. The number of fused-ring (bicyclic) bond motifs is 1. The van der Waals surface area contributed by atoms with Crippen LogP contribution in [0, 0.1) is 0 Å². The van der Waals surface area contributed by atoms with E-state index in [1.807, 2.05) is 42.5 Å². The molecule has 0 aliphatic rings. The van der Waals surface area contributed by atoms with Crippen molar-refractivity contribution in [3.63, 3.8) is 0 Å². The quantitative estimate of drug-likeness (QED) is 0.568. The summed E-state index contributed by atoms with van der Waals surface area (Å²) >= 11 is 7.58. The molecule has 20 heavy (non-hydrogen) atoms. The van der Waals surface area contributed by atoms with Crippen LogP contribution in [0.3, 0.4) is 0 Å². The van der Waals surface area contributed by atoms with Gasteiger partial charge in [0.2, 0.25) is 0 Å². The molecule has 0 amide bonds. The van der Waals surface area contributed by atoms with Crippen molar-refractivity contribution < 1.29 is 4.74 Å². The molecule has 1 heterocycles. The molecule has 4 nitrogen and oxygen atoms in total. The summed E-state index contributed by atoms with van der Waals surface area (Å²) in [7, 11) is 0. The van der Waals surface area contributed by atoms with Gasteiger partial charge in [-0.2, -0.15) is 0 Å². The highest BCUT2D eigenvalue weighted by Crippen LogP contribution is 2.29. The van der Waals surface area contributed by atoms with Crippen LogP contribution in [0.25, 0.3) is 10.2 Å². The number of benzene rings is 2. The highest BCUT2D eigenvalue weighted by atomic mass is 35.5. The number of ether oxygens (including phenoxy) is 1. The molecule has 0 radical (unpaired) electrons. The minimum atomic E-state index is 0.436. The van der Waals surface area contributed by atoms with Gasteiger partial charge in [0.05, 0.1) is 10.2 Å². The van der Waals surface area contributed by atoms with Gasteiger partial charge in [0, 0.05) is 10.6 Å². The number of nitrogen functional groups attached to an aromatic ring is 1. The van der Waals surface area contributed by atoms with Gasteiger partial charge in [-0.1, -0.05) is 41.1 Å². The first-order chi connectivity index (χ1) is 9.76. The Morgan fingerprint density at radius 2 is 2.10 bits per heavy atom. The van der Waals surface area contributed by atoms with E-state index < -0.39 is 0 Å². The van der Waals surface area contributed by atoms with E-state index in [9.17, 15) is 0 Å². The third kappa shape index (κ3) is 2.70. The number of hydrazine groups is 1. The number of nitrogens with zero attached hydrogens (tertiary/aromatic N) is 1. The van der Waals surface area contributed by atoms with Crippen molar-refractivity contribution in [3.8, 4) is 5.75 Å². The fourth-order valence-electron chi connectivity index (χ4n) is 1.83. The van der Waals surface area contributed by atoms with E-state index in [4.69, 9.17) is 22.2 Å². The second kappa shape index (κ2) is 5.66. The van der Waals surface area contributed by atoms with E-state index in [1.165, 1.54) is 11.3 Å². The van der Waals surface area contributed by atoms with Gasteiger partial charge in [-0.25, -0.2) is 10.8 Å². The van der Waals surface area contributed by atoms with Crippen LogP contribution in [0.1, 0.15) is 5.56 Å². The first kappa shape index (κ1) is 13.2. The van der Waals surface area contributed by atoms with Crippen LogP contribution in [0.4, 0.5) is 5.13 Å². The van der Waals surface area contributed by atoms with Gasteiger partial charge in [0.25, 0.3) is 0 Å². The van der Waals surface area contributed by atoms with Gasteiger partial charge in [-0.05, 0) is 24.3 Å². The highest BCUT2D eigenvalue weighted by Gasteiger charge is 2.05. The predicted octanol–water partition coefficient (Wildman–Crippen LogP) is 3.81. The van der Waals surface area contributed by atoms with Crippen LogP contribution in [-0.4, -0.2) is 4.98 Å². The van der Waals surface area contributed by atoms with Crippen LogP contribution in [-0.2, 0) is 6.61 Å². The summed E-state index contributed by atoms with van der Waals surface area (Å²) in [6.45, 7) is 0.436. The number of nitrogens with one attached hydrogen (secondary N) is 1. The molecule has 0 bridgehead atoms. The summed E-state index contributed by atoms with van der Waals surface area (Å²) in [6.07, 6.45) is 0. The van der Waals surface area contributed by atoms with E-state index in [2.05, 4.69) is 10.4 Å². The SMILES string of the molecule is NNc1nc2ccc(OCc3ccccc3Cl)cc2s1. The molecule has 0 saturated carbocycles. The molecule has 0 spiro atoms. The third-order valence-electron chi connectivity index (χ3n) is 2.84. The Bertz CT molecular complexity index is 744. The van der Waals surface area contributed by atoms with Gasteiger partial charge < -0.3 is 4.74 Å². The van der Waals surface area contributed by atoms with Crippen LogP contribution in [0.5, 0.6) is 5.75 Å². The van der Waals surface area contributed by atoms with Gasteiger partial charge >= 0.3 is 0 Å². The van der Waals surface area contributed by atoms with E-state index >= 15 is 0 Å². The summed E-state index contributed by atoms with van der Waals surface area (Å²) in [4.78, 5) is 4.31. The van der Waals surface area contributed by atoms with Crippen molar-refractivity contribution in [1.29, 1.82) is 0 Å². The van der Waals surface area contributed by atoms with Crippen LogP contribution in [0.15, 0.2) is 42.5 Å². The first-order valence-corrected chi connectivity index (χ1v) is 7.19. The summed E-state index contributed by atoms with van der Waals surface area (Å²) in [5, 5.41) is 1.39. The molecule has 3 aromatic rings. The Balaban J connectivity index is 1.79. The Kier molecular flexibility index (Phi) is 3.73. The molecule has 0 aliphatic heterocycles. The summed E-state index contributed by atoms with van der Waals surface area (Å²) in [5.74, 6) is 6.14. The summed E-state index contributed by atoms with van der Waals surface area (Å²) in [6, 6.07) is 13.4. The zero-order valence-corrected chi connectivity index (χ0v) is 12.0. The Hall–Kier alpha value is -1.82. The zero-order valence-electron chi connectivity index (χ0n) is 10.5. The van der Waals surface area contributed by atoms with E-state index in [0.717, 1.165) is 21.5 Å². The second-order valence-corrected chi connectivity index (χ2v) is 5.61. The largest absolute Gasteiger partial charge is 0.489 e. The molecule has 0 unspecified atom stereocenters. The van der Waals surface area contributed by atoms with Crippen molar-refractivity contribution in [2.24, 2.45) is 5.84 Å². The first-order valence-electron chi connectivity index (χ1n) is 5.99. The monoisotopic (exact) mass is 305 g/mol. The second-order valence-electron chi connectivity index (χ2n) is 4.17. The maximum absolute atomic E-state index is 6.10. The number of nitrogens with two attached hydrogens (primary N) is 1. The van der Waals surface area contributed by atoms with E-state index in [-0.39, 0.29) is 0 Å². The lowest BCUT2D eigenvalue weighted by molar-refractivity contribution is 0.307. The minimum Gasteiger partial charge on any atom is -0.489 e. The Morgan fingerprint density at radius 3 is 2.90 bits per heavy atom. The topological polar surface area (TPSA) is 60.2 Å². The van der Waals surface area contributed by atoms with E-state index in [1.54, 1.807) is 0 Å². The summed E-state index contributed by atoms with van der Waals surface area (Å²) in [5.41, 5.74) is 4.41. The average molecular weight is 306 g/mol.